The number of halogens is 1. The van der Waals surface area contributed by atoms with E-state index in [1.807, 2.05) is 12.1 Å². The third-order valence-electron chi connectivity index (χ3n) is 3.12. The Labute approximate surface area is 127 Å². The van der Waals surface area contributed by atoms with Crippen molar-refractivity contribution in [2.45, 2.75) is 32.4 Å². The third kappa shape index (κ3) is 5.28. The Kier molecular flexibility index (Phi) is 5.47. The number of nitrogens with one attached hydrogen (secondary N) is 1. The van der Waals surface area contributed by atoms with Gasteiger partial charge in [0.15, 0.2) is 0 Å². The molecule has 1 unspecified atom stereocenters. The van der Waals surface area contributed by atoms with Crippen molar-refractivity contribution in [3.8, 4) is 0 Å². The molecular weight excluding hydrogens is 289 g/mol. The highest BCUT2D eigenvalue weighted by Crippen LogP contribution is 2.17. The topological polar surface area (TPSA) is 49.3 Å². The van der Waals surface area contributed by atoms with E-state index in [9.17, 15) is 9.18 Å². The molecule has 2 rings (SSSR count). The van der Waals surface area contributed by atoms with E-state index in [1.165, 1.54) is 23.5 Å². The van der Waals surface area contributed by atoms with Crippen LogP contribution in [0.4, 0.5) is 4.39 Å². The van der Waals surface area contributed by atoms with E-state index in [2.05, 4.69) is 12.2 Å². The molecule has 5 heteroatoms. The van der Waals surface area contributed by atoms with Gasteiger partial charge in [0.1, 0.15) is 5.82 Å². The smallest absolute Gasteiger partial charge is 0.308 e. The van der Waals surface area contributed by atoms with Crippen molar-refractivity contribution in [3.63, 3.8) is 0 Å². The predicted molar refractivity (Wildman–Crippen MR) is 82.1 cm³/mol. The Balaban J connectivity index is 1.80. The first-order valence-electron chi connectivity index (χ1n) is 6.80. The van der Waals surface area contributed by atoms with Crippen LogP contribution >= 0.6 is 11.3 Å². The van der Waals surface area contributed by atoms with Gasteiger partial charge in [-0.3, -0.25) is 4.79 Å². The van der Waals surface area contributed by atoms with Crippen molar-refractivity contribution < 1.29 is 14.3 Å². The molecule has 21 heavy (non-hydrogen) atoms. The maximum atomic E-state index is 12.8. The number of carbonyl (C=O) groups is 1. The molecule has 0 aliphatic carbocycles. The van der Waals surface area contributed by atoms with Crippen molar-refractivity contribution in [1.82, 2.24) is 5.32 Å². The highest BCUT2D eigenvalue weighted by Gasteiger charge is 2.07. The molecule has 112 valence electrons. The second-order valence-corrected chi connectivity index (χ2v) is 6.30. The van der Waals surface area contributed by atoms with E-state index >= 15 is 0 Å². The number of hydrogen-bond acceptors (Lipinski definition) is 3. The Morgan fingerprint density at radius 3 is 2.57 bits per heavy atom. The SMILES string of the molecule is CC(Cc1ccc(F)cc1)NCc1ccc(CC(=O)O)s1. The molecule has 0 bridgehead atoms. The summed E-state index contributed by atoms with van der Waals surface area (Å²) in [5.74, 6) is -1.02. The Bertz CT molecular complexity index is 595. The van der Waals surface area contributed by atoms with Crippen LogP contribution in [0.25, 0.3) is 0 Å². The summed E-state index contributed by atoms with van der Waals surface area (Å²) in [5.41, 5.74) is 1.09. The first kappa shape index (κ1) is 15.7. The lowest BCUT2D eigenvalue weighted by Crippen LogP contribution is -2.27. The summed E-state index contributed by atoms with van der Waals surface area (Å²) in [4.78, 5) is 12.6. The lowest BCUT2D eigenvalue weighted by atomic mass is 10.1. The maximum absolute atomic E-state index is 12.8. The van der Waals surface area contributed by atoms with E-state index in [1.54, 1.807) is 12.1 Å². The van der Waals surface area contributed by atoms with Gasteiger partial charge in [0.05, 0.1) is 6.42 Å². The third-order valence-corrected chi connectivity index (χ3v) is 4.21. The molecule has 0 saturated heterocycles. The number of thiophene rings is 1. The summed E-state index contributed by atoms with van der Waals surface area (Å²) in [6.07, 6.45) is 0.906. The van der Waals surface area contributed by atoms with Crippen LogP contribution in [0.5, 0.6) is 0 Å². The highest BCUT2D eigenvalue weighted by atomic mass is 32.1. The fourth-order valence-corrected chi connectivity index (χ4v) is 3.04. The quantitative estimate of drug-likeness (QED) is 0.825. The van der Waals surface area contributed by atoms with Gasteiger partial charge in [-0.15, -0.1) is 11.3 Å². The molecule has 2 N–H and O–H groups in total. The molecule has 1 heterocycles. The van der Waals surface area contributed by atoms with Crippen LogP contribution in [-0.2, 0) is 24.2 Å². The normalized spacial score (nSPS) is 12.3. The van der Waals surface area contributed by atoms with Gasteiger partial charge in [0.2, 0.25) is 0 Å². The highest BCUT2D eigenvalue weighted by molar-refractivity contribution is 7.12. The van der Waals surface area contributed by atoms with Crippen molar-refractivity contribution in [3.05, 3.63) is 57.5 Å². The average molecular weight is 307 g/mol. The molecule has 3 nitrogen and oxygen atoms in total. The number of rotatable bonds is 7. The molecule has 1 aromatic carbocycles. The minimum Gasteiger partial charge on any atom is -0.481 e. The molecule has 0 saturated carbocycles. The van der Waals surface area contributed by atoms with E-state index in [-0.39, 0.29) is 18.3 Å². The fourth-order valence-electron chi connectivity index (χ4n) is 2.08. The summed E-state index contributed by atoms with van der Waals surface area (Å²) < 4.78 is 12.8. The van der Waals surface area contributed by atoms with Gasteiger partial charge < -0.3 is 10.4 Å². The summed E-state index contributed by atoms with van der Waals surface area (Å²) in [6.45, 7) is 2.79. The monoisotopic (exact) mass is 307 g/mol. The number of hydrogen-bond donors (Lipinski definition) is 2. The van der Waals surface area contributed by atoms with E-state index in [0.717, 1.165) is 21.7 Å². The second kappa shape index (κ2) is 7.33. The van der Waals surface area contributed by atoms with Crippen molar-refractivity contribution in [2.24, 2.45) is 0 Å². The van der Waals surface area contributed by atoms with Gasteiger partial charge in [0, 0.05) is 22.3 Å². The zero-order valence-corrected chi connectivity index (χ0v) is 12.6. The molecule has 1 aromatic heterocycles. The Hall–Kier alpha value is -1.72. The first-order valence-corrected chi connectivity index (χ1v) is 7.62. The molecule has 0 radical (unpaired) electrons. The summed E-state index contributed by atoms with van der Waals surface area (Å²) in [5, 5.41) is 12.1. The molecular formula is C16H18FNO2S. The van der Waals surface area contributed by atoms with Crippen LogP contribution in [-0.4, -0.2) is 17.1 Å². The molecule has 0 amide bonds. The minimum absolute atomic E-state index is 0.0792. The second-order valence-electron chi connectivity index (χ2n) is 5.05. The number of benzene rings is 1. The maximum Gasteiger partial charge on any atom is 0.308 e. The minimum atomic E-state index is -0.805. The zero-order chi connectivity index (χ0) is 15.2. The Morgan fingerprint density at radius 2 is 1.90 bits per heavy atom. The van der Waals surface area contributed by atoms with Crippen LogP contribution in [0, 0.1) is 5.82 Å². The molecule has 1 atom stereocenters. The van der Waals surface area contributed by atoms with Gasteiger partial charge in [-0.05, 0) is 43.2 Å². The average Bonchev–Trinajstić information content (AvgIpc) is 2.86. The zero-order valence-electron chi connectivity index (χ0n) is 11.8. The Morgan fingerprint density at radius 1 is 1.24 bits per heavy atom. The van der Waals surface area contributed by atoms with Crippen molar-refractivity contribution >= 4 is 17.3 Å². The largest absolute Gasteiger partial charge is 0.481 e. The van der Waals surface area contributed by atoms with Crippen LogP contribution < -0.4 is 5.32 Å². The lowest BCUT2D eigenvalue weighted by Gasteiger charge is -2.13. The molecule has 0 aliphatic rings. The first-order chi connectivity index (χ1) is 10.0. The molecule has 0 fully saturated rings. The number of carboxylic acid groups (broad SMARTS) is 1. The van der Waals surface area contributed by atoms with Crippen LogP contribution in [0.15, 0.2) is 36.4 Å². The number of aliphatic carboxylic acids is 1. The summed E-state index contributed by atoms with van der Waals surface area (Å²) in [6, 6.07) is 10.6. The van der Waals surface area contributed by atoms with Gasteiger partial charge in [-0.1, -0.05) is 12.1 Å². The van der Waals surface area contributed by atoms with Crippen LogP contribution in [0.1, 0.15) is 22.2 Å². The van der Waals surface area contributed by atoms with Crippen LogP contribution in [0.3, 0.4) is 0 Å². The molecule has 0 spiro atoms. The fraction of sp³-hybridized carbons (Fsp3) is 0.312. The van der Waals surface area contributed by atoms with Crippen molar-refractivity contribution in [1.29, 1.82) is 0 Å². The van der Waals surface area contributed by atoms with E-state index < -0.39 is 5.97 Å². The van der Waals surface area contributed by atoms with Gasteiger partial charge in [-0.25, -0.2) is 4.39 Å². The van der Waals surface area contributed by atoms with E-state index in [4.69, 9.17) is 5.11 Å². The van der Waals surface area contributed by atoms with E-state index in [0.29, 0.717) is 6.54 Å². The van der Waals surface area contributed by atoms with Crippen molar-refractivity contribution in [2.75, 3.05) is 0 Å². The van der Waals surface area contributed by atoms with Crippen LogP contribution in [0.2, 0.25) is 0 Å². The molecule has 0 aliphatic heterocycles. The predicted octanol–water partition coefficient (Wildman–Crippen LogP) is 3.24. The lowest BCUT2D eigenvalue weighted by molar-refractivity contribution is -0.136. The van der Waals surface area contributed by atoms with Gasteiger partial charge in [-0.2, -0.15) is 0 Å². The van der Waals surface area contributed by atoms with Gasteiger partial charge >= 0.3 is 5.97 Å². The summed E-state index contributed by atoms with van der Waals surface area (Å²) in [7, 11) is 0. The number of carboxylic acids is 1. The summed E-state index contributed by atoms with van der Waals surface area (Å²) >= 11 is 1.52. The standard InChI is InChI=1S/C16H18FNO2S/c1-11(8-12-2-4-13(17)5-3-12)18-10-15-7-6-14(21-15)9-16(19)20/h2-7,11,18H,8-10H2,1H3,(H,19,20). The molecule has 2 aromatic rings. The van der Waals surface area contributed by atoms with Gasteiger partial charge in [0.25, 0.3) is 0 Å².